The highest BCUT2D eigenvalue weighted by Crippen LogP contribution is 2.26. The second kappa shape index (κ2) is 7.96. The minimum absolute atomic E-state index is 0.124. The summed E-state index contributed by atoms with van der Waals surface area (Å²) in [4.78, 5) is 14.5. The summed E-state index contributed by atoms with van der Waals surface area (Å²) in [6.45, 7) is 10.8. The van der Waals surface area contributed by atoms with Gasteiger partial charge in [0.05, 0.1) is 31.5 Å². The molecule has 1 rings (SSSR count). The molecule has 1 amide bonds. The molecule has 1 heterocycles. The second-order valence-electron chi connectivity index (χ2n) is 6.08. The average Bonchev–Trinajstić information content (AvgIpc) is 2.62. The number of nitrogens with zero attached hydrogens (tertiary/aromatic N) is 1. The Labute approximate surface area is 123 Å². The van der Waals surface area contributed by atoms with Crippen LogP contribution in [-0.2, 0) is 14.3 Å². The fraction of sp³-hybridized carbons (Fsp3) is 0.933. The highest BCUT2D eigenvalue weighted by Gasteiger charge is 2.46. The minimum atomic E-state index is -0.425. The van der Waals surface area contributed by atoms with Crippen LogP contribution in [0.4, 0.5) is 0 Å². The third kappa shape index (κ3) is 4.43. The zero-order valence-electron chi connectivity index (χ0n) is 13.6. The quantitative estimate of drug-likeness (QED) is 0.654. The van der Waals surface area contributed by atoms with E-state index < -0.39 is 5.54 Å². The molecule has 1 fully saturated rings. The van der Waals surface area contributed by atoms with E-state index in [2.05, 4.69) is 26.1 Å². The standard InChI is InChI=1S/C15H30N2O3/c1-6-15(4)14(18)17(7-8-20-10-9-19-5)13(16-15)11-12(2)3/h12-13,16H,6-11H2,1-5H3. The van der Waals surface area contributed by atoms with Crippen molar-refractivity contribution in [1.82, 2.24) is 10.2 Å². The van der Waals surface area contributed by atoms with E-state index in [1.54, 1.807) is 7.11 Å². The molecule has 1 N–H and O–H groups in total. The SMILES string of the molecule is CCC1(C)NC(CC(C)C)N(CCOCCOC)C1=O. The predicted molar refractivity (Wildman–Crippen MR) is 79.5 cm³/mol. The highest BCUT2D eigenvalue weighted by atomic mass is 16.5. The van der Waals surface area contributed by atoms with Crippen molar-refractivity contribution in [2.24, 2.45) is 5.92 Å². The van der Waals surface area contributed by atoms with Gasteiger partial charge >= 0.3 is 0 Å². The van der Waals surface area contributed by atoms with Gasteiger partial charge in [-0.15, -0.1) is 0 Å². The Hall–Kier alpha value is -0.650. The molecule has 0 aliphatic carbocycles. The lowest BCUT2D eigenvalue weighted by molar-refractivity contribution is -0.133. The van der Waals surface area contributed by atoms with Crippen LogP contribution in [0.1, 0.15) is 40.5 Å². The molecule has 2 atom stereocenters. The number of amides is 1. The number of nitrogens with one attached hydrogen (secondary N) is 1. The number of carbonyl (C=O) groups excluding carboxylic acids is 1. The molecule has 0 aromatic rings. The molecule has 20 heavy (non-hydrogen) atoms. The maximum Gasteiger partial charge on any atom is 0.243 e. The topological polar surface area (TPSA) is 50.8 Å². The molecule has 0 aromatic carbocycles. The van der Waals surface area contributed by atoms with Crippen molar-refractivity contribution >= 4 is 5.91 Å². The van der Waals surface area contributed by atoms with Crippen molar-refractivity contribution in [3.05, 3.63) is 0 Å². The van der Waals surface area contributed by atoms with Crippen molar-refractivity contribution in [2.45, 2.75) is 52.2 Å². The Bertz CT molecular complexity index is 309. The zero-order chi connectivity index (χ0) is 15.2. The molecule has 5 heteroatoms. The first kappa shape index (κ1) is 17.4. The van der Waals surface area contributed by atoms with Crippen LogP contribution in [0.15, 0.2) is 0 Å². The molecule has 0 saturated carbocycles. The van der Waals surface area contributed by atoms with Crippen LogP contribution in [-0.4, -0.2) is 56.0 Å². The Morgan fingerprint density at radius 2 is 2.05 bits per heavy atom. The monoisotopic (exact) mass is 286 g/mol. The van der Waals surface area contributed by atoms with Gasteiger partial charge in [0.25, 0.3) is 0 Å². The van der Waals surface area contributed by atoms with Gasteiger partial charge in [-0.2, -0.15) is 0 Å². The van der Waals surface area contributed by atoms with E-state index in [0.717, 1.165) is 12.8 Å². The summed E-state index contributed by atoms with van der Waals surface area (Å²) in [7, 11) is 1.66. The fourth-order valence-corrected chi connectivity index (χ4v) is 2.52. The van der Waals surface area contributed by atoms with Gasteiger partial charge in [-0.3, -0.25) is 10.1 Å². The first-order valence-corrected chi connectivity index (χ1v) is 7.60. The van der Waals surface area contributed by atoms with Crippen LogP contribution in [0.3, 0.4) is 0 Å². The van der Waals surface area contributed by atoms with Crippen LogP contribution < -0.4 is 5.32 Å². The summed E-state index contributed by atoms with van der Waals surface area (Å²) < 4.78 is 10.4. The third-order valence-corrected chi connectivity index (χ3v) is 3.90. The molecular formula is C15H30N2O3. The maximum atomic E-state index is 12.6. The second-order valence-corrected chi connectivity index (χ2v) is 6.08. The molecule has 2 unspecified atom stereocenters. The molecule has 1 saturated heterocycles. The van der Waals surface area contributed by atoms with Gasteiger partial charge in [0.1, 0.15) is 0 Å². The molecule has 0 bridgehead atoms. The molecule has 1 aliphatic rings. The molecule has 0 aromatic heterocycles. The van der Waals surface area contributed by atoms with Crippen LogP contribution in [0.5, 0.6) is 0 Å². The van der Waals surface area contributed by atoms with Crippen molar-refractivity contribution in [1.29, 1.82) is 0 Å². The van der Waals surface area contributed by atoms with Gasteiger partial charge < -0.3 is 14.4 Å². The lowest BCUT2D eigenvalue weighted by Crippen LogP contribution is -2.44. The lowest BCUT2D eigenvalue weighted by Gasteiger charge is -2.25. The van der Waals surface area contributed by atoms with Crippen LogP contribution in [0.25, 0.3) is 0 Å². The smallest absolute Gasteiger partial charge is 0.243 e. The largest absolute Gasteiger partial charge is 0.382 e. The van der Waals surface area contributed by atoms with E-state index in [9.17, 15) is 4.79 Å². The molecule has 5 nitrogen and oxygen atoms in total. The number of hydrogen-bond acceptors (Lipinski definition) is 4. The zero-order valence-corrected chi connectivity index (χ0v) is 13.6. The fourth-order valence-electron chi connectivity index (χ4n) is 2.52. The Morgan fingerprint density at radius 3 is 2.60 bits per heavy atom. The number of rotatable bonds is 9. The molecule has 0 radical (unpaired) electrons. The van der Waals surface area contributed by atoms with Crippen molar-refractivity contribution < 1.29 is 14.3 Å². The van der Waals surface area contributed by atoms with E-state index in [4.69, 9.17) is 9.47 Å². The predicted octanol–water partition coefficient (Wildman–Crippen LogP) is 1.62. The first-order chi connectivity index (χ1) is 9.44. The Kier molecular flexibility index (Phi) is 6.92. The van der Waals surface area contributed by atoms with Crippen LogP contribution in [0.2, 0.25) is 0 Å². The normalized spacial score (nSPS) is 26.8. The number of methoxy groups -OCH3 is 1. The maximum absolute atomic E-state index is 12.6. The van der Waals surface area contributed by atoms with Gasteiger partial charge in [-0.1, -0.05) is 20.8 Å². The van der Waals surface area contributed by atoms with Gasteiger partial charge in [0, 0.05) is 13.7 Å². The molecule has 118 valence electrons. The van der Waals surface area contributed by atoms with Crippen molar-refractivity contribution in [3.63, 3.8) is 0 Å². The Morgan fingerprint density at radius 1 is 1.35 bits per heavy atom. The Balaban J connectivity index is 2.56. The average molecular weight is 286 g/mol. The number of ether oxygens (including phenoxy) is 2. The lowest BCUT2D eigenvalue weighted by atomic mass is 9.99. The number of hydrogen-bond donors (Lipinski definition) is 1. The van der Waals surface area contributed by atoms with Crippen LogP contribution in [0, 0.1) is 5.92 Å². The summed E-state index contributed by atoms with van der Waals surface area (Å²) in [5, 5.41) is 3.50. The van der Waals surface area contributed by atoms with E-state index in [-0.39, 0.29) is 12.1 Å². The molecular weight excluding hydrogens is 256 g/mol. The summed E-state index contributed by atoms with van der Waals surface area (Å²) in [5.74, 6) is 0.748. The third-order valence-electron chi connectivity index (χ3n) is 3.90. The van der Waals surface area contributed by atoms with E-state index in [0.29, 0.717) is 32.3 Å². The van der Waals surface area contributed by atoms with Gasteiger partial charge in [-0.05, 0) is 25.7 Å². The van der Waals surface area contributed by atoms with Gasteiger partial charge in [-0.25, -0.2) is 0 Å². The highest BCUT2D eigenvalue weighted by molar-refractivity contribution is 5.88. The molecule has 0 spiro atoms. The van der Waals surface area contributed by atoms with Crippen LogP contribution >= 0.6 is 0 Å². The van der Waals surface area contributed by atoms with E-state index >= 15 is 0 Å². The van der Waals surface area contributed by atoms with Crippen molar-refractivity contribution in [2.75, 3.05) is 33.5 Å². The summed E-state index contributed by atoms with van der Waals surface area (Å²) in [6.07, 6.45) is 1.90. The minimum Gasteiger partial charge on any atom is -0.382 e. The van der Waals surface area contributed by atoms with E-state index in [1.165, 1.54) is 0 Å². The van der Waals surface area contributed by atoms with Gasteiger partial charge in [0.15, 0.2) is 0 Å². The number of carbonyl (C=O) groups is 1. The van der Waals surface area contributed by atoms with Crippen molar-refractivity contribution in [3.8, 4) is 0 Å². The first-order valence-electron chi connectivity index (χ1n) is 7.60. The summed E-state index contributed by atoms with van der Waals surface area (Å²) in [6, 6.07) is 0. The van der Waals surface area contributed by atoms with Gasteiger partial charge in [0.2, 0.25) is 5.91 Å². The molecule has 1 aliphatic heterocycles. The van der Waals surface area contributed by atoms with E-state index in [1.807, 2.05) is 11.8 Å². The summed E-state index contributed by atoms with van der Waals surface area (Å²) in [5.41, 5.74) is -0.425. The summed E-state index contributed by atoms with van der Waals surface area (Å²) >= 11 is 0.